The van der Waals surface area contributed by atoms with Gasteiger partial charge in [0.1, 0.15) is 0 Å². The maximum atomic E-state index is 13.2. The van der Waals surface area contributed by atoms with Crippen LogP contribution in [0.25, 0.3) is 0 Å². The van der Waals surface area contributed by atoms with Crippen LogP contribution in [-0.2, 0) is 11.8 Å². The maximum absolute atomic E-state index is 13.2. The summed E-state index contributed by atoms with van der Waals surface area (Å²) >= 11 is 0. The fourth-order valence-electron chi connectivity index (χ4n) is 3.64. The van der Waals surface area contributed by atoms with Crippen molar-refractivity contribution in [3.8, 4) is 17.2 Å². The van der Waals surface area contributed by atoms with Crippen LogP contribution in [0.1, 0.15) is 55.6 Å². The first-order valence-electron chi connectivity index (χ1n) is 10.6. The molecule has 1 aliphatic rings. The van der Waals surface area contributed by atoms with E-state index in [0.717, 1.165) is 5.56 Å². The number of aromatic nitrogens is 2. The monoisotopic (exact) mass is 430 g/mol. The van der Waals surface area contributed by atoms with Crippen molar-refractivity contribution in [1.82, 2.24) is 20.4 Å². The summed E-state index contributed by atoms with van der Waals surface area (Å²) < 4.78 is 18.8. The summed E-state index contributed by atoms with van der Waals surface area (Å²) in [6.07, 6.45) is 4.42. The molecule has 1 aromatic carbocycles. The molecule has 0 bridgehead atoms. The molecule has 9 heteroatoms. The number of rotatable bonds is 9. The van der Waals surface area contributed by atoms with Gasteiger partial charge < -0.3 is 24.8 Å². The van der Waals surface area contributed by atoms with Gasteiger partial charge in [0.15, 0.2) is 11.5 Å². The highest BCUT2D eigenvalue weighted by molar-refractivity contribution is 5.96. The number of hydrogen-bond acceptors (Lipinski definition) is 6. The third kappa shape index (κ3) is 5.28. The number of nitrogens with one attached hydrogen (secondary N) is 2. The molecule has 1 fully saturated rings. The Bertz CT molecular complexity index is 899. The van der Waals surface area contributed by atoms with E-state index >= 15 is 0 Å². The van der Waals surface area contributed by atoms with Gasteiger partial charge in [-0.25, -0.2) is 0 Å². The molecule has 0 aliphatic carbocycles. The second-order valence-corrected chi connectivity index (χ2v) is 7.21. The molecule has 0 spiro atoms. The molecule has 2 aromatic rings. The summed E-state index contributed by atoms with van der Waals surface area (Å²) in [5.41, 5.74) is 1.25. The van der Waals surface area contributed by atoms with Gasteiger partial charge >= 0.3 is 0 Å². The number of benzene rings is 1. The Morgan fingerprint density at radius 1 is 1.16 bits per heavy atom. The molecule has 31 heavy (non-hydrogen) atoms. The predicted molar refractivity (Wildman–Crippen MR) is 115 cm³/mol. The summed E-state index contributed by atoms with van der Waals surface area (Å²) in [6, 6.07) is 2.70. The Morgan fingerprint density at radius 3 is 2.35 bits per heavy atom. The summed E-state index contributed by atoms with van der Waals surface area (Å²) in [5.74, 6) is 1.08. The van der Waals surface area contributed by atoms with E-state index < -0.39 is 0 Å². The van der Waals surface area contributed by atoms with Crippen LogP contribution in [-0.4, -0.2) is 47.5 Å². The normalized spacial score (nSPS) is 18.3. The fraction of sp³-hybridized carbons (Fsp3) is 0.500. The van der Waals surface area contributed by atoms with Gasteiger partial charge in [0, 0.05) is 30.8 Å². The number of amides is 2. The lowest BCUT2D eigenvalue weighted by atomic mass is 9.93. The Labute approximate surface area is 182 Å². The highest BCUT2D eigenvalue weighted by Gasteiger charge is 2.32. The van der Waals surface area contributed by atoms with Crippen molar-refractivity contribution in [2.75, 3.05) is 19.8 Å². The fourth-order valence-corrected chi connectivity index (χ4v) is 3.64. The maximum Gasteiger partial charge on any atom is 0.251 e. The van der Waals surface area contributed by atoms with Crippen LogP contribution in [0.4, 0.5) is 0 Å². The molecule has 1 unspecified atom stereocenters. The number of aryl methyl sites for hydroxylation is 1. The Morgan fingerprint density at radius 2 is 1.81 bits per heavy atom. The number of nitrogens with zero attached hydrogens (tertiary/aromatic N) is 2. The standard InChI is InChI=1S/C22H30N4O5/c1-5-29-17-10-14(11-18(30-6-2)21(17)31-7-3)22(28)24-16-8-9-19(27)25-20(16)15-12-23-26(4)13-15/h10-13,16,20H,5-9H2,1-4H3,(H,24,28)(H,25,27)/t16-,20?/m0/s1. The molecular formula is C22H30N4O5. The topological polar surface area (TPSA) is 104 Å². The molecule has 1 saturated heterocycles. The molecule has 2 amide bonds. The first-order valence-corrected chi connectivity index (χ1v) is 10.6. The zero-order valence-corrected chi connectivity index (χ0v) is 18.4. The van der Waals surface area contributed by atoms with Crippen LogP contribution in [0.15, 0.2) is 24.5 Å². The van der Waals surface area contributed by atoms with E-state index in [-0.39, 0.29) is 23.9 Å². The Balaban J connectivity index is 1.87. The number of ether oxygens (including phenoxy) is 3. The number of carbonyl (C=O) groups excluding carboxylic acids is 2. The van der Waals surface area contributed by atoms with Crippen LogP contribution in [0.5, 0.6) is 17.2 Å². The lowest BCUT2D eigenvalue weighted by molar-refractivity contribution is -0.123. The quantitative estimate of drug-likeness (QED) is 0.633. The SMILES string of the molecule is CCOc1cc(C(=O)N[C@H]2CCC(=O)NC2c2cnn(C)c2)cc(OCC)c1OCC. The van der Waals surface area contributed by atoms with Crippen LogP contribution in [0.2, 0.25) is 0 Å². The molecule has 1 aromatic heterocycles. The summed E-state index contributed by atoms with van der Waals surface area (Å²) in [5, 5.41) is 10.2. The summed E-state index contributed by atoms with van der Waals surface area (Å²) in [6.45, 7) is 6.91. The van der Waals surface area contributed by atoms with Crippen LogP contribution in [0.3, 0.4) is 0 Å². The molecule has 0 radical (unpaired) electrons. The van der Waals surface area contributed by atoms with Gasteiger partial charge in [-0.2, -0.15) is 5.10 Å². The van der Waals surface area contributed by atoms with E-state index in [1.54, 1.807) is 23.0 Å². The van der Waals surface area contributed by atoms with E-state index in [4.69, 9.17) is 14.2 Å². The number of carbonyl (C=O) groups is 2. The third-order valence-corrected chi connectivity index (χ3v) is 4.97. The minimum Gasteiger partial charge on any atom is -0.490 e. The largest absolute Gasteiger partial charge is 0.490 e. The smallest absolute Gasteiger partial charge is 0.251 e. The van der Waals surface area contributed by atoms with Gasteiger partial charge in [-0.05, 0) is 39.3 Å². The van der Waals surface area contributed by atoms with Crippen molar-refractivity contribution in [1.29, 1.82) is 0 Å². The molecule has 0 saturated carbocycles. The van der Waals surface area contributed by atoms with E-state index in [1.165, 1.54) is 0 Å². The highest BCUT2D eigenvalue weighted by atomic mass is 16.5. The predicted octanol–water partition coefficient (Wildman–Crippen LogP) is 2.37. The number of piperidine rings is 1. The third-order valence-electron chi connectivity index (χ3n) is 4.97. The minimum atomic E-state index is -0.348. The van der Waals surface area contributed by atoms with E-state index in [1.807, 2.05) is 34.0 Å². The zero-order chi connectivity index (χ0) is 22.4. The number of hydrogen-bond donors (Lipinski definition) is 2. The Hall–Kier alpha value is -3.23. The average Bonchev–Trinajstić information content (AvgIpc) is 3.18. The molecule has 2 atom stereocenters. The van der Waals surface area contributed by atoms with Crippen molar-refractivity contribution in [2.45, 2.75) is 45.7 Å². The Kier molecular flexibility index (Phi) is 7.38. The minimum absolute atomic E-state index is 0.0438. The second kappa shape index (κ2) is 10.2. The molecule has 3 rings (SSSR count). The van der Waals surface area contributed by atoms with Crippen molar-refractivity contribution < 1.29 is 23.8 Å². The summed E-state index contributed by atoms with van der Waals surface area (Å²) in [4.78, 5) is 25.2. The van der Waals surface area contributed by atoms with E-state index in [2.05, 4.69) is 15.7 Å². The van der Waals surface area contributed by atoms with E-state index in [0.29, 0.717) is 55.5 Å². The van der Waals surface area contributed by atoms with Gasteiger partial charge in [0.25, 0.3) is 5.91 Å². The van der Waals surface area contributed by atoms with Gasteiger partial charge in [-0.3, -0.25) is 14.3 Å². The highest BCUT2D eigenvalue weighted by Crippen LogP contribution is 2.39. The van der Waals surface area contributed by atoms with Crippen molar-refractivity contribution >= 4 is 11.8 Å². The molecule has 2 N–H and O–H groups in total. The molecule has 2 heterocycles. The zero-order valence-electron chi connectivity index (χ0n) is 18.4. The van der Waals surface area contributed by atoms with E-state index in [9.17, 15) is 9.59 Å². The van der Waals surface area contributed by atoms with Gasteiger partial charge in [0.2, 0.25) is 11.7 Å². The molecule has 168 valence electrons. The lowest BCUT2D eigenvalue weighted by Gasteiger charge is -2.32. The van der Waals surface area contributed by atoms with Crippen LogP contribution < -0.4 is 24.8 Å². The van der Waals surface area contributed by atoms with Crippen LogP contribution in [0, 0.1) is 0 Å². The van der Waals surface area contributed by atoms with Crippen molar-refractivity contribution in [2.24, 2.45) is 7.05 Å². The average molecular weight is 431 g/mol. The molecule has 9 nitrogen and oxygen atoms in total. The second-order valence-electron chi connectivity index (χ2n) is 7.21. The summed E-state index contributed by atoms with van der Waals surface area (Å²) in [7, 11) is 1.81. The lowest BCUT2D eigenvalue weighted by Crippen LogP contribution is -2.50. The first-order chi connectivity index (χ1) is 15.0. The molecular weight excluding hydrogens is 400 g/mol. The first kappa shape index (κ1) is 22.5. The van der Waals surface area contributed by atoms with Gasteiger partial charge in [0.05, 0.1) is 38.1 Å². The van der Waals surface area contributed by atoms with Crippen molar-refractivity contribution in [3.05, 3.63) is 35.7 Å². The van der Waals surface area contributed by atoms with Crippen LogP contribution >= 0.6 is 0 Å². The van der Waals surface area contributed by atoms with Crippen molar-refractivity contribution in [3.63, 3.8) is 0 Å². The van der Waals surface area contributed by atoms with Gasteiger partial charge in [-0.15, -0.1) is 0 Å². The van der Waals surface area contributed by atoms with Gasteiger partial charge in [-0.1, -0.05) is 0 Å². The molecule has 1 aliphatic heterocycles.